The maximum atomic E-state index is 13.0. The molecule has 0 unspecified atom stereocenters. The zero-order valence-corrected chi connectivity index (χ0v) is 15.8. The zero-order valence-electron chi connectivity index (χ0n) is 14.3. The first-order chi connectivity index (χ1) is 12.0. The average Bonchev–Trinajstić information content (AvgIpc) is 3.19. The zero-order chi connectivity index (χ0) is 18.0. The third-order valence-electron chi connectivity index (χ3n) is 4.52. The van der Waals surface area contributed by atoms with Crippen molar-refractivity contribution in [1.29, 1.82) is 0 Å². The van der Waals surface area contributed by atoms with Crippen LogP contribution in [0.2, 0.25) is 0 Å². The molecule has 0 aromatic heterocycles. The number of benzene rings is 1. The average molecular weight is 406 g/mol. The van der Waals surface area contributed by atoms with Gasteiger partial charge >= 0.3 is 5.97 Å². The van der Waals surface area contributed by atoms with E-state index in [1.54, 1.807) is 17.9 Å². The molecule has 2 aliphatic rings. The molecular weight excluding hydrogens is 386 g/mol. The van der Waals surface area contributed by atoms with Crippen molar-refractivity contribution in [3.63, 3.8) is 0 Å². The van der Waals surface area contributed by atoms with E-state index < -0.39 is 5.97 Å². The van der Waals surface area contributed by atoms with E-state index in [0.29, 0.717) is 23.4 Å². The molecule has 1 aromatic rings. The third kappa shape index (κ3) is 3.55. The van der Waals surface area contributed by atoms with Gasteiger partial charge in [-0.1, -0.05) is 34.1 Å². The molecule has 2 heterocycles. The van der Waals surface area contributed by atoms with Crippen molar-refractivity contribution >= 4 is 33.9 Å². The van der Waals surface area contributed by atoms with Gasteiger partial charge in [0, 0.05) is 16.8 Å². The molecular formula is C19H20BrNO4. The third-order valence-corrected chi connectivity index (χ3v) is 5.24. The quantitative estimate of drug-likeness (QED) is 0.569. The first-order valence-corrected chi connectivity index (χ1v) is 9.01. The van der Waals surface area contributed by atoms with Gasteiger partial charge in [0.05, 0.1) is 30.9 Å². The molecule has 1 atom stereocenters. The van der Waals surface area contributed by atoms with Crippen molar-refractivity contribution in [2.45, 2.75) is 25.9 Å². The fraction of sp³-hybridized carbons (Fsp3) is 0.368. The first kappa shape index (κ1) is 17.9. The van der Waals surface area contributed by atoms with Gasteiger partial charge in [-0.2, -0.15) is 0 Å². The maximum absolute atomic E-state index is 13.0. The van der Waals surface area contributed by atoms with Crippen LogP contribution in [0.4, 0.5) is 0 Å². The maximum Gasteiger partial charge on any atom is 0.340 e. The Morgan fingerprint density at radius 2 is 2.20 bits per heavy atom. The number of rotatable bonds is 4. The van der Waals surface area contributed by atoms with Gasteiger partial charge in [0.2, 0.25) is 0 Å². The summed E-state index contributed by atoms with van der Waals surface area (Å²) in [6, 6.07) is 7.56. The van der Waals surface area contributed by atoms with Crippen LogP contribution in [0.15, 0.2) is 45.6 Å². The molecule has 0 aliphatic carbocycles. The van der Waals surface area contributed by atoms with Crippen molar-refractivity contribution in [1.82, 2.24) is 4.90 Å². The Morgan fingerprint density at radius 3 is 2.84 bits per heavy atom. The summed E-state index contributed by atoms with van der Waals surface area (Å²) in [6.45, 7) is 2.96. The fourth-order valence-corrected chi connectivity index (χ4v) is 3.59. The number of esters is 1. The summed E-state index contributed by atoms with van der Waals surface area (Å²) in [5, 5.41) is 0. The van der Waals surface area contributed by atoms with Crippen molar-refractivity contribution in [3.8, 4) is 0 Å². The summed E-state index contributed by atoms with van der Waals surface area (Å²) in [4.78, 5) is 26.9. The number of amides is 1. The number of halogens is 1. The number of hydrogen-bond donors (Lipinski definition) is 0. The van der Waals surface area contributed by atoms with Crippen molar-refractivity contribution in [2.24, 2.45) is 0 Å². The summed E-state index contributed by atoms with van der Waals surface area (Å²) in [5.74, 6) is -0.692. The Hall–Kier alpha value is -1.92. The molecule has 1 aromatic carbocycles. The minimum absolute atomic E-state index is 0.0145. The molecule has 25 heavy (non-hydrogen) atoms. The van der Waals surface area contributed by atoms with Crippen LogP contribution in [-0.4, -0.2) is 43.1 Å². The Kier molecular flexibility index (Phi) is 5.39. The fourth-order valence-electron chi connectivity index (χ4n) is 3.19. The second-order valence-corrected chi connectivity index (χ2v) is 6.94. The molecule has 0 bridgehead atoms. The molecule has 0 spiro atoms. The van der Waals surface area contributed by atoms with Crippen LogP contribution >= 0.6 is 15.9 Å². The molecule has 3 rings (SSSR count). The Bertz CT molecular complexity index is 762. The van der Waals surface area contributed by atoms with Gasteiger partial charge in [0.15, 0.2) is 0 Å². The van der Waals surface area contributed by atoms with E-state index in [9.17, 15) is 9.59 Å². The van der Waals surface area contributed by atoms with Crippen LogP contribution in [0.5, 0.6) is 0 Å². The molecule has 1 fully saturated rings. The van der Waals surface area contributed by atoms with E-state index in [2.05, 4.69) is 15.9 Å². The van der Waals surface area contributed by atoms with E-state index >= 15 is 0 Å². The predicted molar refractivity (Wildman–Crippen MR) is 97.5 cm³/mol. The summed E-state index contributed by atoms with van der Waals surface area (Å²) in [7, 11) is 1.33. The van der Waals surface area contributed by atoms with Gasteiger partial charge in [0.1, 0.15) is 0 Å². The largest absolute Gasteiger partial charge is 0.465 e. The highest BCUT2D eigenvalue weighted by Crippen LogP contribution is 2.33. The number of allylic oxidation sites excluding steroid dienone is 1. The Labute approximate surface area is 155 Å². The number of carbonyl (C=O) groups is 2. The molecule has 2 aliphatic heterocycles. The molecule has 0 N–H and O–H groups in total. The number of nitrogens with zero attached hydrogens (tertiary/aromatic N) is 1. The lowest BCUT2D eigenvalue weighted by atomic mass is 10.0. The molecule has 6 heteroatoms. The van der Waals surface area contributed by atoms with Gasteiger partial charge in [-0.15, -0.1) is 0 Å². The Balaban J connectivity index is 2.00. The van der Waals surface area contributed by atoms with Crippen molar-refractivity contribution in [3.05, 3.63) is 51.1 Å². The topological polar surface area (TPSA) is 55.8 Å². The molecule has 132 valence electrons. The van der Waals surface area contributed by atoms with Gasteiger partial charge in [-0.3, -0.25) is 4.79 Å². The van der Waals surface area contributed by atoms with E-state index in [-0.39, 0.29) is 12.0 Å². The second-order valence-electron chi connectivity index (χ2n) is 6.08. The second kappa shape index (κ2) is 7.54. The lowest BCUT2D eigenvalue weighted by molar-refractivity contribution is -0.136. The minimum atomic E-state index is -0.501. The van der Waals surface area contributed by atoms with Crippen LogP contribution in [0.1, 0.15) is 25.3 Å². The lowest BCUT2D eigenvalue weighted by Crippen LogP contribution is -2.33. The van der Waals surface area contributed by atoms with Gasteiger partial charge in [-0.05, 0) is 37.5 Å². The van der Waals surface area contributed by atoms with Crippen LogP contribution < -0.4 is 0 Å². The number of carbonyl (C=O) groups excluding carboxylic acids is 2. The first-order valence-electron chi connectivity index (χ1n) is 8.22. The highest BCUT2D eigenvalue weighted by atomic mass is 79.9. The van der Waals surface area contributed by atoms with Gasteiger partial charge in [0.25, 0.3) is 5.91 Å². The van der Waals surface area contributed by atoms with Crippen LogP contribution in [0, 0.1) is 0 Å². The van der Waals surface area contributed by atoms with Crippen molar-refractivity contribution in [2.75, 3.05) is 20.3 Å². The number of methoxy groups -OCH3 is 1. The van der Waals surface area contributed by atoms with Crippen LogP contribution in [0.25, 0.3) is 6.08 Å². The summed E-state index contributed by atoms with van der Waals surface area (Å²) in [5.41, 5.74) is 2.13. The minimum Gasteiger partial charge on any atom is -0.465 e. The Morgan fingerprint density at radius 1 is 1.44 bits per heavy atom. The molecule has 0 radical (unpaired) electrons. The standard InChI is InChI=1S/C19H20BrNO4/c1-12-17(19(23)24-2)15(10-13-6-3-4-8-16(13)20)18(22)21(12)11-14-7-5-9-25-14/h3-4,6,8,10,14H,5,7,9,11H2,1-2H3/b15-10-/t14-/m0/s1. The molecule has 0 saturated carbocycles. The predicted octanol–water partition coefficient (Wildman–Crippen LogP) is 3.30. The summed E-state index contributed by atoms with van der Waals surface area (Å²) < 4.78 is 11.4. The van der Waals surface area contributed by atoms with E-state index in [1.165, 1.54) is 7.11 Å². The van der Waals surface area contributed by atoms with Gasteiger partial charge < -0.3 is 14.4 Å². The van der Waals surface area contributed by atoms with E-state index in [4.69, 9.17) is 9.47 Å². The molecule has 5 nitrogen and oxygen atoms in total. The van der Waals surface area contributed by atoms with Crippen LogP contribution in [-0.2, 0) is 19.1 Å². The highest BCUT2D eigenvalue weighted by Gasteiger charge is 2.38. The van der Waals surface area contributed by atoms with Crippen LogP contribution in [0.3, 0.4) is 0 Å². The SMILES string of the molecule is COC(=O)C1=C(C)N(C[C@@H]2CCCO2)C(=O)/C1=C\c1ccccc1Br. The number of ether oxygens (including phenoxy) is 2. The summed E-state index contributed by atoms with van der Waals surface area (Å²) in [6.07, 6.45) is 3.67. The van der Waals surface area contributed by atoms with Gasteiger partial charge in [-0.25, -0.2) is 4.79 Å². The van der Waals surface area contributed by atoms with Crippen molar-refractivity contribution < 1.29 is 19.1 Å². The molecule has 1 amide bonds. The lowest BCUT2D eigenvalue weighted by Gasteiger charge is -2.21. The van der Waals surface area contributed by atoms with E-state index in [0.717, 1.165) is 29.5 Å². The van der Waals surface area contributed by atoms with E-state index in [1.807, 2.05) is 24.3 Å². The smallest absolute Gasteiger partial charge is 0.340 e. The normalized spacial score (nSPS) is 22.2. The molecule has 1 saturated heterocycles. The number of hydrogen-bond acceptors (Lipinski definition) is 4. The highest BCUT2D eigenvalue weighted by molar-refractivity contribution is 9.10. The monoisotopic (exact) mass is 405 g/mol. The summed E-state index contributed by atoms with van der Waals surface area (Å²) >= 11 is 3.48.